The maximum Gasteiger partial charge on any atom is 0.134 e. The summed E-state index contributed by atoms with van der Waals surface area (Å²) in [7, 11) is 0. The molecule has 0 saturated heterocycles. The fourth-order valence-corrected chi connectivity index (χ4v) is 2.38. The maximum absolute atomic E-state index is 9.00. The Morgan fingerprint density at radius 2 is 2.22 bits per heavy atom. The molecule has 0 radical (unpaired) electrons. The van der Waals surface area contributed by atoms with E-state index in [9.17, 15) is 0 Å². The minimum absolute atomic E-state index is 0.211. The van der Waals surface area contributed by atoms with E-state index in [-0.39, 0.29) is 6.61 Å². The third-order valence-corrected chi connectivity index (χ3v) is 3.60. The van der Waals surface area contributed by atoms with E-state index in [0.29, 0.717) is 11.2 Å². The average molecular weight is 270 g/mol. The average Bonchev–Trinajstić information content (AvgIpc) is 2.31. The van der Waals surface area contributed by atoms with Gasteiger partial charge in [0.05, 0.1) is 0 Å². The molecule has 0 unspecified atom stereocenters. The van der Waals surface area contributed by atoms with Gasteiger partial charge in [0.2, 0.25) is 0 Å². The first kappa shape index (κ1) is 13.6. The minimum Gasteiger partial charge on any atom is -0.396 e. The zero-order valence-electron chi connectivity index (χ0n) is 10.8. The van der Waals surface area contributed by atoms with Crippen LogP contribution in [0.3, 0.4) is 0 Å². The Balaban J connectivity index is 2.19. The molecule has 1 aromatic rings. The van der Waals surface area contributed by atoms with Crippen molar-refractivity contribution in [3.63, 3.8) is 0 Å². The first-order chi connectivity index (χ1) is 8.74. The second kappa shape index (κ2) is 6.34. The van der Waals surface area contributed by atoms with Crippen LogP contribution in [0.4, 0.5) is 5.82 Å². The van der Waals surface area contributed by atoms with Gasteiger partial charge in [0.25, 0.3) is 0 Å². The highest BCUT2D eigenvalue weighted by Gasteiger charge is 2.26. The van der Waals surface area contributed by atoms with E-state index in [2.05, 4.69) is 14.9 Å². The number of anilines is 1. The number of halogens is 1. The molecule has 1 N–H and O–H groups in total. The van der Waals surface area contributed by atoms with Crippen LogP contribution >= 0.6 is 11.6 Å². The Labute approximate surface area is 113 Å². The van der Waals surface area contributed by atoms with E-state index >= 15 is 0 Å². The van der Waals surface area contributed by atoms with Crippen molar-refractivity contribution in [2.45, 2.75) is 45.1 Å². The second-order valence-corrected chi connectivity index (χ2v) is 5.06. The van der Waals surface area contributed by atoms with Gasteiger partial charge in [-0.25, -0.2) is 9.97 Å². The molecule has 1 aliphatic carbocycles. The molecule has 100 valence electrons. The van der Waals surface area contributed by atoms with Gasteiger partial charge in [-0.2, -0.15) is 0 Å². The van der Waals surface area contributed by atoms with Crippen LogP contribution in [0.15, 0.2) is 6.07 Å². The van der Waals surface area contributed by atoms with Crippen LogP contribution in [0.1, 0.15) is 38.4 Å². The molecule has 0 amide bonds. The number of aryl methyl sites for hydroxylation is 1. The first-order valence-electron chi connectivity index (χ1n) is 6.65. The molecule has 4 nitrogen and oxygen atoms in total. The largest absolute Gasteiger partial charge is 0.396 e. The van der Waals surface area contributed by atoms with Gasteiger partial charge >= 0.3 is 0 Å². The first-order valence-corrected chi connectivity index (χ1v) is 7.03. The van der Waals surface area contributed by atoms with Gasteiger partial charge in [0, 0.05) is 31.7 Å². The number of aliphatic hydroxyl groups is 1. The van der Waals surface area contributed by atoms with Crippen molar-refractivity contribution in [2.75, 3.05) is 18.1 Å². The molecule has 0 spiro atoms. The molecule has 18 heavy (non-hydrogen) atoms. The standard InChI is InChI=1S/C13H20ClN3O/c1-2-12-15-11(14)9-13(16-12)17(7-4-8-18)10-5-3-6-10/h9-10,18H,2-8H2,1H3. The van der Waals surface area contributed by atoms with Crippen LogP contribution in [0.5, 0.6) is 0 Å². The van der Waals surface area contributed by atoms with Crippen molar-refractivity contribution in [1.29, 1.82) is 0 Å². The zero-order chi connectivity index (χ0) is 13.0. The fourth-order valence-electron chi connectivity index (χ4n) is 2.18. The predicted octanol–water partition coefficient (Wildman–Crippen LogP) is 2.43. The van der Waals surface area contributed by atoms with Gasteiger partial charge in [-0.05, 0) is 25.7 Å². The molecule has 1 heterocycles. The summed E-state index contributed by atoms with van der Waals surface area (Å²) in [4.78, 5) is 11.0. The summed E-state index contributed by atoms with van der Waals surface area (Å²) < 4.78 is 0. The van der Waals surface area contributed by atoms with Crippen LogP contribution in [0.25, 0.3) is 0 Å². The smallest absolute Gasteiger partial charge is 0.134 e. The lowest BCUT2D eigenvalue weighted by atomic mass is 9.91. The van der Waals surface area contributed by atoms with Gasteiger partial charge in [-0.15, -0.1) is 0 Å². The molecule has 0 aromatic carbocycles. The SMILES string of the molecule is CCc1nc(Cl)cc(N(CCCO)C2CCC2)n1. The molecule has 0 bridgehead atoms. The van der Waals surface area contributed by atoms with E-state index in [4.69, 9.17) is 16.7 Å². The quantitative estimate of drug-likeness (QED) is 0.806. The summed E-state index contributed by atoms with van der Waals surface area (Å²) in [5, 5.41) is 9.51. The minimum atomic E-state index is 0.211. The van der Waals surface area contributed by atoms with E-state index in [1.807, 2.05) is 13.0 Å². The lowest BCUT2D eigenvalue weighted by molar-refractivity contribution is 0.282. The maximum atomic E-state index is 9.00. The van der Waals surface area contributed by atoms with Crippen molar-refractivity contribution in [3.05, 3.63) is 17.0 Å². The van der Waals surface area contributed by atoms with Gasteiger partial charge < -0.3 is 10.0 Å². The molecule has 1 saturated carbocycles. The Kier molecular flexibility index (Phi) is 4.78. The highest BCUT2D eigenvalue weighted by molar-refractivity contribution is 6.29. The molecule has 0 atom stereocenters. The number of hydrogen-bond acceptors (Lipinski definition) is 4. The Morgan fingerprint density at radius 3 is 2.78 bits per heavy atom. The lowest BCUT2D eigenvalue weighted by Crippen LogP contribution is -2.41. The Morgan fingerprint density at radius 1 is 1.44 bits per heavy atom. The zero-order valence-corrected chi connectivity index (χ0v) is 11.5. The van der Waals surface area contributed by atoms with Crippen molar-refractivity contribution >= 4 is 17.4 Å². The molecular weight excluding hydrogens is 250 g/mol. The van der Waals surface area contributed by atoms with Crippen molar-refractivity contribution in [2.24, 2.45) is 0 Å². The summed E-state index contributed by atoms with van der Waals surface area (Å²) in [6.45, 7) is 3.07. The third-order valence-electron chi connectivity index (χ3n) is 3.41. The summed E-state index contributed by atoms with van der Waals surface area (Å²) in [5.41, 5.74) is 0. The highest BCUT2D eigenvalue weighted by atomic mass is 35.5. The van der Waals surface area contributed by atoms with Crippen molar-refractivity contribution < 1.29 is 5.11 Å². The van der Waals surface area contributed by atoms with Gasteiger partial charge in [-0.3, -0.25) is 0 Å². The molecule has 2 rings (SSSR count). The predicted molar refractivity (Wildman–Crippen MR) is 73.1 cm³/mol. The van der Waals surface area contributed by atoms with E-state index in [1.165, 1.54) is 19.3 Å². The summed E-state index contributed by atoms with van der Waals surface area (Å²) in [5.74, 6) is 1.69. The molecule has 1 fully saturated rings. The topological polar surface area (TPSA) is 49.2 Å². The molecule has 0 aliphatic heterocycles. The number of aliphatic hydroxyl groups excluding tert-OH is 1. The van der Waals surface area contributed by atoms with Crippen molar-refractivity contribution in [3.8, 4) is 0 Å². The summed E-state index contributed by atoms with van der Waals surface area (Å²) in [6.07, 6.45) is 5.23. The molecule has 1 aliphatic rings. The molecule has 1 aromatic heterocycles. The van der Waals surface area contributed by atoms with Gasteiger partial charge in [0.15, 0.2) is 0 Å². The molecular formula is C13H20ClN3O. The van der Waals surface area contributed by atoms with Crippen LogP contribution in [0, 0.1) is 0 Å². The number of nitrogens with zero attached hydrogens (tertiary/aromatic N) is 3. The Bertz CT molecular complexity index is 396. The van der Waals surface area contributed by atoms with Crippen LogP contribution < -0.4 is 4.90 Å². The fraction of sp³-hybridized carbons (Fsp3) is 0.692. The van der Waals surface area contributed by atoms with E-state index in [0.717, 1.165) is 31.0 Å². The van der Waals surface area contributed by atoms with Gasteiger partial charge in [0.1, 0.15) is 16.8 Å². The summed E-state index contributed by atoms with van der Waals surface area (Å²) in [6, 6.07) is 2.38. The molecule has 5 heteroatoms. The van der Waals surface area contributed by atoms with Crippen LogP contribution in [-0.4, -0.2) is 34.3 Å². The van der Waals surface area contributed by atoms with E-state index in [1.54, 1.807) is 0 Å². The number of hydrogen-bond donors (Lipinski definition) is 1. The van der Waals surface area contributed by atoms with Gasteiger partial charge in [-0.1, -0.05) is 18.5 Å². The summed E-state index contributed by atoms with van der Waals surface area (Å²) >= 11 is 6.05. The van der Waals surface area contributed by atoms with Crippen LogP contribution in [-0.2, 0) is 6.42 Å². The second-order valence-electron chi connectivity index (χ2n) is 4.67. The third kappa shape index (κ3) is 3.12. The Hall–Kier alpha value is -0.870. The number of aromatic nitrogens is 2. The van der Waals surface area contributed by atoms with Crippen LogP contribution in [0.2, 0.25) is 5.15 Å². The number of rotatable bonds is 6. The normalized spacial score (nSPS) is 15.5. The highest BCUT2D eigenvalue weighted by Crippen LogP contribution is 2.29. The lowest BCUT2D eigenvalue weighted by Gasteiger charge is -2.38. The monoisotopic (exact) mass is 269 g/mol. The van der Waals surface area contributed by atoms with E-state index < -0.39 is 0 Å². The van der Waals surface area contributed by atoms with Crippen molar-refractivity contribution in [1.82, 2.24) is 9.97 Å².